The van der Waals surface area contributed by atoms with Crippen molar-refractivity contribution in [3.63, 3.8) is 0 Å². The molecule has 134 valence electrons. The third-order valence-corrected chi connectivity index (χ3v) is 5.71. The lowest BCUT2D eigenvalue weighted by atomic mass is 10.2. The van der Waals surface area contributed by atoms with Crippen LogP contribution in [0.5, 0.6) is 5.75 Å². The number of nitrogens with zero attached hydrogens (tertiary/aromatic N) is 1. The van der Waals surface area contributed by atoms with Gasteiger partial charge in [0.25, 0.3) is 5.91 Å². The Morgan fingerprint density at radius 3 is 2.72 bits per heavy atom. The maximum absolute atomic E-state index is 12.3. The molecule has 0 spiro atoms. The molecule has 2 heterocycles. The first-order valence-corrected chi connectivity index (χ1v) is 9.59. The van der Waals surface area contributed by atoms with Crippen LogP contribution in [-0.2, 0) is 4.79 Å². The molecule has 2 aromatic rings. The highest BCUT2D eigenvalue weighted by Crippen LogP contribution is 2.27. The van der Waals surface area contributed by atoms with Crippen molar-refractivity contribution in [1.29, 1.82) is 0 Å². The van der Waals surface area contributed by atoms with E-state index in [4.69, 9.17) is 4.74 Å². The lowest BCUT2D eigenvalue weighted by Crippen LogP contribution is -3.15. The number of hydrogen-bond acceptors (Lipinski definition) is 4. The molecule has 1 aliphatic heterocycles. The van der Waals surface area contributed by atoms with Crippen molar-refractivity contribution in [3.05, 3.63) is 46.7 Å². The second-order valence-corrected chi connectivity index (χ2v) is 7.37. The summed E-state index contributed by atoms with van der Waals surface area (Å²) in [6.07, 6.45) is 0. The fourth-order valence-corrected chi connectivity index (χ4v) is 3.99. The van der Waals surface area contributed by atoms with E-state index < -0.39 is 0 Å². The topological polar surface area (TPSA) is 46.0 Å². The summed E-state index contributed by atoms with van der Waals surface area (Å²) < 4.78 is 5.46. The van der Waals surface area contributed by atoms with Crippen LogP contribution in [0.1, 0.15) is 17.8 Å². The molecule has 1 atom stereocenters. The SMILES string of the molecule is COc1ccccc1N1CC[NH+](CC(=O)N[C@@H](C)c2cccs2)CC1. The number of para-hydroxylation sites is 2. The van der Waals surface area contributed by atoms with Crippen LogP contribution in [0.3, 0.4) is 0 Å². The summed E-state index contributed by atoms with van der Waals surface area (Å²) >= 11 is 1.68. The molecule has 0 saturated carbocycles. The highest BCUT2D eigenvalue weighted by molar-refractivity contribution is 7.10. The molecule has 5 nitrogen and oxygen atoms in total. The predicted molar refractivity (Wildman–Crippen MR) is 102 cm³/mol. The van der Waals surface area contributed by atoms with Gasteiger partial charge in [0, 0.05) is 4.88 Å². The van der Waals surface area contributed by atoms with Gasteiger partial charge in [-0.15, -0.1) is 11.3 Å². The highest BCUT2D eigenvalue weighted by atomic mass is 32.1. The number of benzene rings is 1. The van der Waals surface area contributed by atoms with Gasteiger partial charge in [0.15, 0.2) is 6.54 Å². The Morgan fingerprint density at radius 2 is 2.04 bits per heavy atom. The molecule has 6 heteroatoms. The first kappa shape index (κ1) is 17.8. The zero-order chi connectivity index (χ0) is 17.6. The van der Waals surface area contributed by atoms with Gasteiger partial charge in [0.1, 0.15) is 5.75 Å². The van der Waals surface area contributed by atoms with Crippen LogP contribution >= 0.6 is 11.3 Å². The number of carbonyl (C=O) groups excluding carboxylic acids is 1. The largest absolute Gasteiger partial charge is 0.495 e. The molecule has 1 aliphatic rings. The molecule has 0 bridgehead atoms. The van der Waals surface area contributed by atoms with Crippen LogP contribution in [0.2, 0.25) is 0 Å². The third-order valence-electron chi connectivity index (χ3n) is 4.65. The summed E-state index contributed by atoms with van der Waals surface area (Å²) in [5.41, 5.74) is 1.14. The van der Waals surface area contributed by atoms with Gasteiger partial charge in [-0.05, 0) is 30.5 Å². The lowest BCUT2D eigenvalue weighted by Gasteiger charge is -2.34. The number of rotatable bonds is 6. The van der Waals surface area contributed by atoms with E-state index in [1.54, 1.807) is 18.4 Å². The van der Waals surface area contributed by atoms with Crippen molar-refractivity contribution in [1.82, 2.24) is 5.32 Å². The molecule has 25 heavy (non-hydrogen) atoms. The molecule has 3 rings (SSSR count). The van der Waals surface area contributed by atoms with Gasteiger partial charge in [0.2, 0.25) is 0 Å². The first-order chi connectivity index (χ1) is 12.2. The van der Waals surface area contributed by atoms with E-state index in [1.807, 2.05) is 36.6 Å². The number of hydrogen-bond donors (Lipinski definition) is 2. The maximum atomic E-state index is 12.3. The average Bonchev–Trinajstić information content (AvgIpc) is 3.17. The minimum Gasteiger partial charge on any atom is -0.495 e. The van der Waals surface area contributed by atoms with E-state index in [-0.39, 0.29) is 11.9 Å². The van der Waals surface area contributed by atoms with E-state index in [1.165, 1.54) is 9.78 Å². The lowest BCUT2D eigenvalue weighted by molar-refractivity contribution is -0.892. The molecular weight excluding hydrogens is 334 g/mol. The van der Waals surface area contributed by atoms with E-state index in [0.29, 0.717) is 6.54 Å². The Morgan fingerprint density at radius 1 is 1.28 bits per heavy atom. The second-order valence-electron chi connectivity index (χ2n) is 6.39. The van der Waals surface area contributed by atoms with E-state index in [0.717, 1.165) is 37.6 Å². The Bertz CT molecular complexity index is 682. The average molecular weight is 361 g/mol. The predicted octanol–water partition coefficient (Wildman–Crippen LogP) is 1.34. The molecule has 0 unspecified atom stereocenters. The number of thiophene rings is 1. The van der Waals surface area contributed by atoms with Gasteiger partial charge < -0.3 is 19.9 Å². The minimum absolute atomic E-state index is 0.0850. The zero-order valence-electron chi connectivity index (χ0n) is 14.8. The number of methoxy groups -OCH3 is 1. The van der Waals surface area contributed by atoms with Crippen molar-refractivity contribution < 1.29 is 14.4 Å². The maximum Gasteiger partial charge on any atom is 0.275 e. The Hall–Kier alpha value is -2.05. The van der Waals surface area contributed by atoms with Gasteiger partial charge in [-0.25, -0.2) is 0 Å². The van der Waals surface area contributed by atoms with Crippen LogP contribution in [0.4, 0.5) is 5.69 Å². The van der Waals surface area contributed by atoms with Crippen LogP contribution in [0.15, 0.2) is 41.8 Å². The summed E-state index contributed by atoms with van der Waals surface area (Å²) in [5, 5.41) is 5.15. The summed E-state index contributed by atoms with van der Waals surface area (Å²) in [5.74, 6) is 1.04. The summed E-state index contributed by atoms with van der Waals surface area (Å²) in [6.45, 7) is 6.36. The number of nitrogens with one attached hydrogen (secondary N) is 2. The molecular formula is C19H26N3O2S+. The number of anilines is 1. The summed E-state index contributed by atoms with van der Waals surface area (Å²) in [6, 6.07) is 12.3. The number of piperazine rings is 1. The van der Waals surface area contributed by atoms with Crippen LogP contribution in [0.25, 0.3) is 0 Å². The zero-order valence-corrected chi connectivity index (χ0v) is 15.6. The van der Waals surface area contributed by atoms with Crippen molar-refractivity contribution in [2.75, 3.05) is 44.7 Å². The molecule has 1 fully saturated rings. The Balaban J connectivity index is 1.48. The van der Waals surface area contributed by atoms with Crippen molar-refractivity contribution in [2.45, 2.75) is 13.0 Å². The Kier molecular flexibility index (Phi) is 5.94. The van der Waals surface area contributed by atoms with Crippen molar-refractivity contribution >= 4 is 22.9 Å². The fourth-order valence-electron chi connectivity index (χ4n) is 3.26. The van der Waals surface area contributed by atoms with Gasteiger partial charge >= 0.3 is 0 Å². The molecule has 2 N–H and O–H groups in total. The van der Waals surface area contributed by atoms with E-state index >= 15 is 0 Å². The van der Waals surface area contributed by atoms with Crippen LogP contribution in [0, 0.1) is 0 Å². The van der Waals surface area contributed by atoms with E-state index in [2.05, 4.69) is 22.3 Å². The normalized spacial score (nSPS) is 16.5. The fraction of sp³-hybridized carbons (Fsp3) is 0.421. The number of ether oxygens (including phenoxy) is 1. The second kappa shape index (κ2) is 8.36. The number of amides is 1. The molecule has 1 aromatic heterocycles. The number of quaternary nitrogens is 1. The van der Waals surface area contributed by atoms with Gasteiger partial charge in [-0.2, -0.15) is 0 Å². The molecule has 0 aliphatic carbocycles. The third kappa shape index (κ3) is 4.52. The van der Waals surface area contributed by atoms with Gasteiger partial charge in [-0.3, -0.25) is 4.79 Å². The van der Waals surface area contributed by atoms with Gasteiger partial charge in [0.05, 0.1) is 45.0 Å². The first-order valence-electron chi connectivity index (χ1n) is 8.71. The van der Waals surface area contributed by atoms with Crippen LogP contribution < -0.4 is 19.9 Å². The summed E-state index contributed by atoms with van der Waals surface area (Å²) in [7, 11) is 1.71. The number of carbonyl (C=O) groups is 1. The van der Waals surface area contributed by atoms with Crippen molar-refractivity contribution in [3.8, 4) is 5.75 Å². The van der Waals surface area contributed by atoms with Crippen LogP contribution in [-0.4, -0.2) is 45.7 Å². The molecule has 1 amide bonds. The monoisotopic (exact) mass is 360 g/mol. The summed E-state index contributed by atoms with van der Waals surface area (Å²) in [4.78, 5) is 17.2. The van der Waals surface area contributed by atoms with Crippen molar-refractivity contribution in [2.24, 2.45) is 0 Å². The minimum atomic E-state index is 0.0850. The highest BCUT2D eigenvalue weighted by Gasteiger charge is 2.24. The van der Waals surface area contributed by atoms with E-state index in [9.17, 15) is 4.79 Å². The molecule has 1 aromatic carbocycles. The quantitative estimate of drug-likeness (QED) is 0.817. The molecule has 0 radical (unpaired) electrons. The Labute approximate surface area is 153 Å². The smallest absolute Gasteiger partial charge is 0.275 e. The van der Waals surface area contributed by atoms with Gasteiger partial charge in [-0.1, -0.05) is 18.2 Å². The standard InChI is InChI=1S/C19H25N3O2S/c1-15(18-8-5-13-25-18)20-19(23)14-21-9-11-22(12-10-21)16-6-3-4-7-17(16)24-2/h3-8,13,15H,9-12,14H2,1-2H3,(H,20,23)/p+1/t15-/m0/s1. The molecule has 1 saturated heterocycles.